The molecule has 6 aromatic rings. The van der Waals surface area contributed by atoms with E-state index >= 15 is 0 Å². The summed E-state index contributed by atoms with van der Waals surface area (Å²) in [4.78, 5) is 45.4. The van der Waals surface area contributed by atoms with Crippen molar-refractivity contribution in [2.75, 3.05) is 13.2 Å². The Kier molecular flexibility index (Phi) is 13.7. The van der Waals surface area contributed by atoms with Crippen LogP contribution in [0.15, 0.2) is 96.3 Å². The van der Waals surface area contributed by atoms with Crippen molar-refractivity contribution in [2.45, 2.75) is 65.1 Å². The number of benzene rings is 3. The Bertz CT molecular complexity index is 2770. The van der Waals surface area contributed by atoms with Gasteiger partial charge >= 0.3 is 11.9 Å². The zero-order valence-corrected chi connectivity index (χ0v) is 35.2. The summed E-state index contributed by atoms with van der Waals surface area (Å²) in [5.41, 5.74) is 5.13. The van der Waals surface area contributed by atoms with Crippen LogP contribution in [-0.2, 0) is 35.9 Å². The standard InChI is InChI=1S/C46H45ClN6O9/c1-27-32(24-62-40-16-39(61-23-30-13-29(17-48)18-49-19-30)33(14-38(40)47)21-51-45(3,25-54)43(57)58)7-5-9-36(27)37-10-6-8-35(28(37)2)31-11-12-53-41(15-31)50-20-34(42(53)56)22-52-46(4,26-55)44(59)60/h5-16,18-20,51-52,54-55H,21-26H2,1-4H3,(H,57,58)(H,59,60)/t45?,46-/m0/s1. The number of fused-ring (bicyclic) bond motifs is 1. The van der Waals surface area contributed by atoms with Crippen LogP contribution in [-0.4, -0.2) is 71.0 Å². The third-order valence-electron chi connectivity index (χ3n) is 10.9. The molecule has 0 bridgehead atoms. The average molecular weight is 861 g/mol. The van der Waals surface area contributed by atoms with E-state index in [2.05, 4.69) is 26.7 Å². The molecule has 15 nitrogen and oxygen atoms in total. The first kappa shape index (κ1) is 44.9. The van der Waals surface area contributed by atoms with Gasteiger partial charge in [0.15, 0.2) is 0 Å². The summed E-state index contributed by atoms with van der Waals surface area (Å²) in [6.07, 6.45) is 6.06. The maximum atomic E-state index is 13.3. The van der Waals surface area contributed by atoms with Crippen LogP contribution in [0.4, 0.5) is 0 Å². The van der Waals surface area contributed by atoms with E-state index in [4.69, 9.17) is 21.1 Å². The fourth-order valence-corrected chi connectivity index (χ4v) is 6.90. The number of aliphatic carboxylic acids is 2. The molecule has 0 saturated carbocycles. The SMILES string of the molecule is Cc1c(COc2cc(OCc3cncc(C#N)c3)c(CNC(C)(CO)C(=O)O)cc2Cl)cccc1-c1cccc(-c2ccn3c(=O)c(CN[C@@](C)(CO)C(=O)O)cnc3c2)c1C. The van der Waals surface area contributed by atoms with Gasteiger partial charge in [0, 0.05) is 55.1 Å². The molecule has 3 aromatic heterocycles. The van der Waals surface area contributed by atoms with Crippen LogP contribution in [0.1, 0.15) is 52.8 Å². The summed E-state index contributed by atoms with van der Waals surface area (Å²) in [5, 5.41) is 53.7. The molecule has 6 N–H and O–H groups in total. The quantitative estimate of drug-likeness (QED) is 0.0621. The number of ether oxygens (including phenoxy) is 2. The Balaban J connectivity index is 1.25. The second-order valence-electron chi connectivity index (χ2n) is 15.3. The number of nitrogens with zero attached hydrogens (tertiary/aromatic N) is 4. The monoisotopic (exact) mass is 860 g/mol. The van der Waals surface area contributed by atoms with Gasteiger partial charge in [-0.15, -0.1) is 0 Å². The minimum atomic E-state index is -1.63. The first-order valence-corrected chi connectivity index (χ1v) is 19.8. The number of rotatable bonds is 18. The van der Waals surface area contributed by atoms with Gasteiger partial charge < -0.3 is 29.9 Å². The van der Waals surface area contributed by atoms with Crippen molar-refractivity contribution in [1.82, 2.24) is 25.0 Å². The highest BCUT2D eigenvalue weighted by molar-refractivity contribution is 6.32. The van der Waals surface area contributed by atoms with Crippen LogP contribution in [0.2, 0.25) is 5.02 Å². The Labute approximate surface area is 361 Å². The van der Waals surface area contributed by atoms with E-state index in [0.29, 0.717) is 33.8 Å². The molecule has 0 aliphatic heterocycles. The highest BCUT2D eigenvalue weighted by Crippen LogP contribution is 2.37. The molecular formula is C46H45ClN6O9. The summed E-state index contributed by atoms with van der Waals surface area (Å²) in [6, 6.07) is 22.5. The van der Waals surface area contributed by atoms with Crippen LogP contribution in [0.5, 0.6) is 11.5 Å². The van der Waals surface area contributed by atoms with Gasteiger partial charge in [-0.2, -0.15) is 5.26 Å². The average Bonchev–Trinajstić information content (AvgIpc) is 3.27. The summed E-state index contributed by atoms with van der Waals surface area (Å²) in [6.45, 7) is 5.50. The summed E-state index contributed by atoms with van der Waals surface area (Å²) < 4.78 is 13.9. The van der Waals surface area contributed by atoms with Crippen molar-refractivity contribution in [3.63, 3.8) is 0 Å². The molecule has 6 rings (SSSR count). The van der Waals surface area contributed by atoms with Gasteiger partial charge in [-0.05, 0) is 90.9 Å². The molecule has 1 unspecified atom stereocenters. The van der Waals surface area contributed by atoms with E-state index in [9.17, 15) is 40.1 Å². The molecule has 0 aliphatic rings. The van der Waals surface area contributed by atoms with Gasteiger partial charge in [0.05, 0.1) is 29.4 Å². The number of aromatic nitrogens is 3. The number of nitriles is 1. The first-order chi connectivity index (χ1) is 29.6. The van der Waals surface area contributed by atoms with Crippen LogP contribution >= 0.6 is 11.6 Å². The summed E-state index contributed by atoms with van der Waals surface area (Å²) in [5.74, 6) is -1.81. The number of carboxylic acids is 2. The first-order valence-electron chi connectivity index (χ1n) is 19.4. The van der Waals surface area contributed by atoms with Gasteiger partial charge in [0.1, 0.15) is 47.5 Å². The molecule has 0 saturated heterocycles. The predicted octanol–water partition coefficient (Wildman–Crippen LogP) is 5.57. The van der Waals surface area contributed by atoms with Crippen LogP contribution in [0.25, 0.3) is 27.9 Å². The number of pyridine rings is 2. The molecule has 3 aromatic carbocycles. The highest BCUT2D eigenvalue weighted by atomic mass is 35.5. The fourth-order valence-electron chi connectivity index (χ4n) is 6.66. The number of nitrogens with one attached hydrogen (secondary N) is 2. The molecule has 320 valence electrons. The second-order valence-corrected chi connectivity index (χ2v) is 15.7. The number of aliphatic hydroxyl groups excluding tert-OH is 2. The number of hydrogen-bond acceptors (Lipinski definition) is 12. The highest BCUT2D eigenvalue weighted by Gasteiger charge is 2.33. The van der Waals surface area contributed by atoms with Gasteiger partial charge in [-0.3, -0.25) is 34.4 Å². The Morgan fingerprint density at radius 3 is 2.08 bits per heavy atom. The lowest BCUT2D eigenvalue weighted by atomic mass is 9.90. The van der Waals surface area contributed by atoms with Gasteiger partial charge in [0.25, 0.3) is 5.56 Å². The normalized spacial score (nSPS) is 13.2. The van der Waals surface area contributed by atoms with Crippen molar-refractivity contribution in [3.8, 4) is 39.8 Å². The molecule has 0 spiro atoms. The predicted molar refractivity (Wildman–Crippen MR) is 231 cm³/mol. The molecule has 0 aliphatic carbocycles. The third-order valence-corrected chi connectivity index (χ3v) is 11.2. The Morgan fingerprint density at radius 2 is 1.42 bits per heavy atom. The van der Waals surface area contributed by atoms with Crippen molar-refractivity contribution in [3.05, 3.63) is 146 Å². The van der Waals surface area contributed by atoms with Crippen molar-refractivity contribution in [1.29, 1.82) is 5.26 Å². The topological polar surface area (TPSA) is 229 Å². The molecule has 0 amide bonds. The molecular weight excluding hydrogens is 816 g/mol. The maximum Gasteiger partial charge on any atom is 0.326 e. The van der Waals surface area contributed by atoms with E-state index in [0.717, 1.165) is 38.9 Å². The van der Waals surface area contributed by atoms with Crippen molar-refractivity contribution in [2.24, 2.45) is 0 Å². The maximum absolute atomic E-state index is 13.3. The third kappa shape index (κ3) is 9.60. The summed E-state index contributed by atoms with van der Waals surface area (Å²) in [7, 11) is 0. The van der Waals surface area contributed by atoms with Crippen molar-refractivity contribution >= 4 is 29.2 Å². The fraction of sp³-hybridized carbons (Fsp3) is 0.261. The minimum absolute atomic E-state index is 0.0104. The Morgan fingerprint density at radius 1 is 0.790 bits per heavy atom. The second kappa shape index (κ2) is 18.9. The molecule has 2 atom stereocenters. The summed E-state index contributed by atoms with van der Waals surface area (Å²) >= 11 is 6.76. The van der Waals surface area contributed by atoms with Gasteiger partial charge in [0.2, 0.25) is 0 Å². The zero-order valence-electron chi connectivity index (χ0n) is 34.4. The molecule has 0 radical (unpaired) electrons. The Hall–Kier alpha value is -6.67. The number of hydrogen-bond donors (Lipinski definition) is 6. The molecule has 3 heterocycles. The van der Waals surface area contributed by atoms with Crippen LogP contribution < -0.4 is 25.7 Å². The van der Waals surface area contributed by atoms with Crippen LogP contribution in [0.3, 0.4) is 0 Å². The smallest absolute Gasteiger partial charge is 0.326 e. The largest absolute Gasteiger partial charge is 0.488 e. The lowest BCUT2D eigenvalue weighted by molar-refractivity contribution is -0.146. The van der Waals surface area contributed by atoms with E-state index in [1.807, 2.05) is 62.4 Å². The molecule has 16 heteroatoms. The number of carboxylic acid groups (broad SMARTS) is 2. The van der Waals surface area contributed by atoms with Crippen LogP contribution in [0, 0.1) is 25.2 Å². The van der Waals surface area contributed by atoms with E-state index in [-0.39, 0.29) is 42.4 Å². The lowest BCUT2D eigenvalue weighted by Crippen LogP contribution is -2.52. The molecule has 0 fully saturated rings. The number of halogens is 1. The van der Waals surface area contributed by atoms with Gasteiger partial charge in [-0.1, -0.05) is 48.0 Å². The molecule has 62 heavy (non-hydrogen) atoms. The number of aliphatic hydroxyl groups is 2. The number of carbonyl (C=O) groups is 2. The van der Waals surface area contributed by atoms with E-state index < -0.39 is 36.2 Å². The minimum Gasteiger partial charge on any atom is -0.488 e. The van der Waals surface area contributed by atoms with E-state index in [1.165, 1.54) is 30.6 Å². The van der Waals surface area contributed by atoms with E-state index in [1.54, 1.807) is 30.6 Å². The lowest BCUT2D eigenvalue weighted by Gasteiger charge is -2.25. The van der Waals surface area contributed by atoms with Gasteiger partial charge in [-0.25, -0.2) is 4.98 Å². The van der Waals surface area contributed by atoms with Crippen molar-refractivity contribution < 1.29 is 39.5 Å². The zero-order chi connectivity index (χ0) is 44.8.